The van der Waals surface area contributed by atoms with Gasteiger partial charge in [0.2, 0.25) is 0 Å². The Morgan fingerprint density at radius 1 is 1.14 bits per heavy atom. The molecule has 1 aliphatic carbocycles. The maximum atomic E-state index is 13.0. The molecule has 1 aromatic carbocycles. The SMILES string of the molecule is Cn1nc(C2CCN(C(=O)c3ccc4nc[nH]c4c3)CC2)n(C2CCCC2)c1=O. The first-order valence-electron chi connectivity index (χ1n) is 10.5. The van der Waals surface area contributed by atoms with Gasteiger partial charge >= 0.3 is 5.69 Å². The number of carbonyl (C=O) groups excluding carboxylic acids is 1. The first-order chi connectivity index (χ1) is 14.1. The molecule has 1 saturated carbocycles. The van der Waals surface area contributed by atoms with Gasteiger partial charge in [0.15, 0.2) is 0 Å². The molecule has 0 unspecified atom stereocenters. The van der Waals surface area contributed by atoms with Crippen LogP contribution in [0.2, 0.25) is 0 Å². The van der Waals surface area contributed by atoms with E-state index in [2.05, 4.69) is 15.1 Å². The highest BCUT2D eigenvalue weighted by molar-refractivity contribution is 5.97. The van der Waals surface area contributed by atoms with E-state index in [9.17, 15) is 9.59 Å². The molecule has 2 aliphatic rings. The molecule has 3 aromatic rings. The number of carbonyl (C=O) groups is 1. The van der Waals surface area contributed by atoms with E-state index in [-0.39, 0.29) is 23.6 Å². The fourth-order valence-electron chi connectivity index (χ4n) is 4.87. The summed E-state index contributed by atoms with van der Waals surface area (Å²) in [6, 6.07) is 5.87. The highest BCUT2D eigenvalue weighted by atomic mass is 16.2. The van der Waals surface area contributed by atoms with Gasteiger partial charge in [-0.2, -0.15) is 5.10 Å². The average molecular weight is 394 g/mol. The van der Waals surface area contributed by atoms with Crippen LogP contribution in [-0.4, -0.2) is 48.2 Å². The van der Waals surface area contributed by atoms with E-state index < -0.39 is 0 Å². The second kappa shape index (κ2) is 7.17. The van der Waals surface area contributed by atoms with Gasteiger partial charge in [0, 0.05) is 37.7 Å². The summed E-state index contributed by atoms with van der Waals surface area (Å²) in [5.41, 5.74) is 2.42. The van der Waals surface area contributed by atoms with E-state index in [1.165, 1.54) is 17.5 Å². The summed E-state index contributed by atoms with van der Waals surface area (Å²) >= 11 is 0. The smallest absolute Gasteiger partial charge is 0.345 e. The molecule has 1 aliphatic heterocycles. The first kappa shape index (κ1) is 18.1. The highest BCUT2D eigenvalue weighted by Gasteiger charge is 2.31. The van der Waals surface area contributed by atoms with Crippen molar-refractivity contribution in [1.82, 2.24) is 29.2 Å². The third-order valence-corrected chi connectivity index (χ3v) is 6.49. The molecule has 3 heterocycles. The lowest BCUT2D eigenvalue weighted by Gasteiger charge is -2.32. The van der Waals surface area contributed by atoms with Gasteiger partial charge in [-0.15, -0.1) is 0 Å². The molecule has 1 amide bonds. The van der Waals surface area contributed by atoms with Crippen molar-refractivity contribution in [2.75, 3.05) is 13.1 Å². The molecule has 8 heteroatoms. The number of nitrogens with zero attached hydrogens (tertiary/aromatic N) is 5. The number of fused-ring (bicyclic) bond motifs is 1. The molecule has 8 nitrogen and oxygen atoms in total. The molecular formula is C21H26N6O2. The molecular weight excluding hydrogens is 368 g/mol. The van der Waals surface area contributed by atoms with Gasteiger partial charge < -0.3 is 9.88 Å². The number of piperidine rings is 1. The van der Waals surface area contributed by atoms with Gasteiger partial charge in [-0.25, -0.2) is 14.5 Å². The lowest BCUT2D eigenvalue weighted by atomic mass is 9.95. The lowest BCUT2D eigenvalue weighted by Crippen LogP contribution is -2.38. The van der Waals surface area contributed by atoms with Crippen molar-refractivity contribution in [3.05, 3.63) is 46.4 Å². The summed E-state index contributed by atoms with van der Waals surface area (Å²) < 4.78 is 3.42. The molecule has 0 atom stereocenters. The lowest BCUT2D eigenvalue weighted by molar-refractivity contribution is 0.0710. The second-order valence-corrected chi connectivity index (χ2v) is 8.27. The number of aryl methyl sites for hydroxylation is 1. The van der Waals surface area contributed by atoms with Gasteiger partial charge in [0.25, 0.3) is 5.91 Å². The topological polar surface area (TPSA) is 88.8 Å². The van der Waals surface area contributed by atoms with Crippen molar-refractivity contribution in [3.63, 3.8) is 0 Å². The molecule has 0 bridgehead atoms. The van der Waals surface area contributed by atoms with Crippen molar-refractivity contribution in [2.45, 2.75) is 50.5 Å². The van der Waals surface area contributed by atoms with E-state index in [4.69, 9.17) is 0 Å². The van der Waals surface area contributed by atoms with Crippen LogP contribution in [0.1, 0.15) is 66.7 Å². The fraction of sp³-hybridized carbons (Fsp3) is 0.524. The summed E-state index contributed by atoms with van der Waals surface area (Å²) in [7, 11) is 1.74. The molecule has 5 rings (SSSR count). The van der Waals surface area contributed by atoms with Crippen molar-refractivity contribution in [2.24, 2.45) is 7.05 Å². The van der Waals surface area contributed by atoms with Crippen molar-refractivity contribution in [3.8, 4) is 0 Å². The number of aromatic amines is 1. The number of benzene rings is 1. The number of amides is 1. The van der Waals surface area contributed by atoms with Gasteiger partial charge in [-0.3, -0.25) is 9.36 Å². The van der Waals surface area contributed by atoms with Crippen LogP contribution >= 0.6 is 0 Å². The Morgan fingerprint density at radius 2 is 1.90 bits per heavy atom. The van der Waals surface area contributed by atoms with Crippen LogP contribution in [0.5, 0.6) is 0 Å². The highest BCUT2D eigenvalue weighted by Crippen LogP contribution is 2.33. The van der Waals surface area contributed by atoms with Crippen LogP contribution in [0.3, 0.4) is 0 Å². The Balaban J connectivity index is 1.32. The quantitative estimate of drug-likeness (QED) is 0.739. The molecule has 1 saturated heterocycles. The van der Waals surface area contributed by atoms with Crippen LogP contribution in [0.25, 0.3) is 11.0 Å². The number of hydrogen-bond donors (Lipinski definition) is 1. The van der Waals surface area contributed by atoms with E-state index >= 15 is 0 Å². The van der Waals surface area contributed by atoms with E-state index in [0.29, 0.717) is 18.7 Å². The zero-order valence-corrected chi connectivity index (χ0v) is 16.7. The zero-order valence-electron chi connectivity index (χ0n) is 16.7. The summed E-state index contributed by atoms with van der Waals surface area (Å²) in [6.07, 6.45) is 7.79. The van der Waals surface area contributed by atoms with Crippen LogP contribution in [-0.2, 0) is 7.05 Å². The van der Waals surface area contributed by atoms with E-state index in [1.807, 2.05) is 27.7 Å². The predicted molar refractivity (Wildman–Crippen MR) is 109 cm³/mol. The monoisotopic (exact) mass is 394 g/mol. The number of likely N-dealkylation sites (tertiary alicyclic amines) is 1. The van der Waals surface area contributed by atoms with Crippen molar-refractivity contribution < 1.29 is 4.79 Å². The number of hydrogen-bond acceptors (Lipinski definition) is 4. The minimum atomic E-state index is -0.00161. The van der Waals surface area contributed by atoms with Crippen molar-refractivity contribution in [1.29, 1.82) is 0 Å². The second-order valence-electron chi connectivity index (χ2n) is 8.27. The number of nitrogens with one attached hydrogen (secondary N) is 1. The predicted octanol–water partition coefficient (Wildman–Crippen LogP) is 2.59. The normalized spacial score (nSPS) is 18.7. The number of imidazole rings is 1. The standard InChI is InChI=1S/C21H26N6O2/c1-25-21(29)27(16-4-2-3-5-16)19(24-25)14-8-10-26(11-9-14)20(28)15-6-7-17-18(12-15)23-13-22-17/h6-7,12-14,16H,2-5,8-11H2,1H3,(H,22,23). The first-order valence-corrected chi connectivity index (χ1v) is 10.5. The Labute approximate surface area is 168 Å². The minimum absolute atomic E-state index is 0.00161. The molecule has 0 radical (unpaired) electrons. The van der Waals surface area contributed by atoms with E-state index in [1.54, 1.807) is 13.4 Å². The van der Waals surface area contributed by atoms with Crippen LogP contribution in [0.4, 0.5) is 0 Å². The molecule has 0 spiro atoms. The van der Waals surface area contributed by atoms with Gasteiger partial charge in [0.05, 0.1) is 17.4 Å². The maximum absolute atomic E-state index is 13.0. The molecule has 152 valence electrons. The number of rotatable bonds is 3. The molecule has 2 fully saturated rings. The molecule has 29 heavy (non-hydrogen) atoms. The van der Waals surface area contributed by atoms with E-state index in [0.717, 1.165) is 42.5 Å². The van der Waals surface area contributed by atoms with Crippen LogP contribution < -0.4 is 5.69 Å². The van der Waals surface area contributed by atoms with Gasteiger partial charge in [-0.05, 0) is 43.9 Å². The Hall–Kier alpha value is -2.90. The molecule has 1 N–H and O–H groups in total. The third kappa shape index (κ3) is 3.16. The van der Waals surface area contributed by atoms with Crippen molar-refractivity contribution >= 4 is 16.9 Å². The largest absolute Gasteiger partial charge is 0.345 e. The minimum Gasteiger partial charge on any atom is -0.345 e. The number of aromatic nitrogens is 5. The van der Waals surface area contributed by atoms with Gasteiger partial charge in [0.1, 0.15) is 5.82 Å². The third-order valence-electron chi connectivity index (χ3n) is 6.49. The summed E-state index contributed by atoms with van der Waals surface area (Å²) in [5, 5.41) is 4.59. The van der Waals surface area contributed by atoms with Crippen LogP contribution in [0.15, 0.2) is 29.3 Å². The zero-order chi connectivity index (χ0) is 20.0. The summed E-state index contributed by atoms with van der Waals surface area (Å²) in [6.45, 7) is 1.36. The van der Waals surface area contributed by atoms with Crippen LogP contribution in [0, 0.1) is 0 Å². The average Bonchev–Trinajstić information content (AvgIpc) is 3.48. The Kier molecular flexibility index (Phi) is 4.49. The maximum Gasteiger partial charge on any atom is 0.345 e. The molecule has 2 aromatic heterocycles. The fourth-order valence-corrected chi connectivity index (χ4v) is 4.87. The summed E-state index contributed by atoms with van der Waals surface area (Å²) in [4.78, 5) is 34.8. The Morgan fingerprint density at radius 3 is 2.66 bits per heavy atom. The Bertz CT molecular complexity index is 1100. The number of H-pyrrole nitrogens is 1. The van der Waals surface area contributed by atoms with Gasteiger partial charge in [-0.1, -0.05) is 12.8 Å². The summed E-state index contributed by atoms with van der Waals surface area (Å²) in [5.74, 6) is 1.19.